The van der Waals surface area contributed by atoms with E-state index in [-0.39, 0.29) is 0 Å². The summed E-state index contributed by atoms with van der Waals surface area (Å²) in [5.41, 5.74) is 7.49. The fraction of sp³-hybridized carbons (Fsp3) is 0.200. The van der Waals surface area contributed by atoms with Crippen LogP contribution in [0.3, 0.4) is 0 Å². The largest absolute Gasteiger partial charge is 0.191 e. The van der Waals surface area contributed by atoms with Gasteiger partial charge in [0, 0.05) is 0 Å². The van der Waals surface area contributed by atoms with Gasteiger partial charge in [0.2, 0.25) is 0 Å². The molecule has 0 aliphatic heterocycles. The standard InChI is InChI=1S/C20H22B3/c1-5-15(3)21-17-7-11-19(12-8-17)23-20-13-9-18(10-14-20)22-16(4)6-2/h5-14H,1-4H3/b15-5+,16-6+. The number of allylic oxidation sites excluding steroid dienone is 4. The van der Waals surface area contributed by atoms with Crippen molar-refractivity contribution in [2.75, 3.05) is 0 Å². The molecule has 111 valence electrons. The van der Waals surface area contributed by atoms with Crippen molar-refractivity contribution in [3.63, 3.8) is 0 Å². The van der Waals surface area contributed by atoms with Gasteiger partial charge in [-0.25, -0.2) is 0 Å². The summed E-state index contributed by atoms with van der Waals surface area (Å²) in [5.74, 6) is 0. The number of rotatable bonds is 6. The number of hydrogen-bond acceptors (Lipinski definition) is 0. The van der Waals surface area contributed by atoms with Gasteiger partial charge in [0.25, 0.3) is 0 Å². The van der Waals surface area contributed by atoms with Crippen LogP contribution < -0.4 is 21.9 Å². The molecule has 2 rings (SSSR count). The molecule has 3 heteroatoms. The molecule has 0 amide bonds. The Hall–Kier alpha value is -1.89. The number of hydrogen-bond donors (Lipinski definition) is 0. The highest BCUT2D eigenvalue weighted by atomic mass is 13.9. The predicted octanol–water partition coefficient (Wildman–Crippen LogP) is 1.85. The SMILES string of the molecule is C/C=C(\C)[B]c1ccc([B]c2ccc([B]/C(C)=C/C)cc2)cc1. The third kappa shape index (κ3) is 5.67. The zero-order chi connectivity index (χ0) is 16.7. The molecule has 0 spiro atoms. The summed E-state index contributed by atoms with van der Waals surface area (Å²) in [5, 5.41) is 0. The van der Waals surface area contributed by atoms with E-state index < -0.39 is 0 Å². The van der Waals surface area contributed by atoms with Gasteiger partial charge < -0.3 is 0 Å². The topological polar surface area (TPSA) is 0 Å². The highest BCUT2D eigenvalue weighted by Gasteiger charge is 2.02. The lowest BCUT2D eigenvalue weighted by atomic mass is 9.59. The molecule has 2 aromatic carbocycles. The van der Waals surface area contributed by atoms with Gasteiger partial charge in [0.05, 0.1) is 0 Å². The summed E-state index contributed by atoms with van der Waals surface area (Å²) in [6.07, 6.45) is 4.24. The van der Waals surface area contributed by atoms with Crippen molar-refractivity contribution in [3.8, 4) is 0 Å². The maximum Gasteiger partial charge on any atom is 0.191 e. The highest BCUT2D eigenvalue weighted by Crippen LogP contribution is 1.91. The molecule has 0 N–H and O–H groups in total. The van der Waals surface area contributed by atoms with Crippen LogP contribution in [0.25, 0.3) is 0 Å². The van der Waals surface area contributed by atoms with E-state index in [1.54, 1.807) is 0 Å². The Morgan fingerprint density at radius 2 is 0.913 bits per heavy atom. The van der Waals surface area contributed by atoms with Crippen molar-refractivity contribution in [3.05, 3.63) is 71.6 Å². The second-order valence-corrected chi connectivity index (χ2v) is 5.83. The summed E-state index contributed by atoms with van der Waals surface area (Å²) in [6.45, 7) is 8.36. The Morgan fingerprint density at radius 3 is 1.22 bits per heavy atom. The molecular weight excluding hydrogens is 273 g/mol. The van der Waals surface area contributed by atoms with Crippen LogP contribution in [0.5, 0.6) is 0 Å². The summed E-state index contributed by atoms with van der Waals surface area (Å²) >= 11 is 0. The van der Waals surface area contributed by atoms with Crippen molar-refractivity contribution >= 4 is 43.7 Å². The molecule has 0 saturated carbocycles. The van der Waals surface area contributed by atoms with Crippen molar-refractivity contribution in [1.29, 1.82) is 0 Å². The summed E-state index contributed by atoms with van der Waals surface area (Å²) < 4.78 is 0. The zero-order valence-corrected chi connectivity index (χ0v) is 14.5. The Balaban J connectivity index is 1.99. The van der Waals surface area contributed by atoms with E-state index in [1.165, 1.54) is 32.8 Å². The molecular formula is C20H22B3. The second-order valence-electron chi connectivity index (χ2n) is 5.83. The predicted molar refractivity (Wildman–Crippen MR) is 108 cm³/mol. The second kappa shape index (κ2) is 8.67. The molecule has 0 atom stereocenters. The maximum absolute atomic E-state index is 2.21. The van der Waals surface area contributed by atoms with E-state index in [1.807, 2.05) is 0 Å². The van der Waals surface area contributed by atoms with Crippen LogP contribution >= 0.6 is 0 Å². The van der Waals surface area contributed by atoms with Gasteiger partial charge in [0.15, 0.2) is 21.8 Å². The fourth-order valence-corrected chi connectivity index (χ4v) is 2.26. The van der Waals surface area contributed by atoms with Gasteiger partial charge in [-0.2, -0.15) is 0 Å². The summed E-state index contributed by atoms with van der Waals surface area (Å²) in [6, 6.07) is 17.3. The molecule has 0 fully saturated rings. The van der Waals surface area contributed by atoms with Crippen LogP contribution in [-0.4, -0.2) is 21.8 Å². The Kier molecular flexibility index (Phi) is 6.58. The monoisotopic (exact) mass is 295 g/mol. The molecule has 0 saturated heterocycles. The molecule has 0 nitrogen and oxygen atoms in total. The van der Waals surface area contributed by atoms with Gasteiger partial charge >= 0.3 is 0 Å². The first-order valence-corrected chi connectivity index (χ1v) is 8.11. The van der Waals surface area contributed by atoms with Crippen LogP contribution in [0.15, 0.2) is 71.6 Å². The third-order valence-corrected chi connectivity index (χ3v) is 3.91. The van der Waals surface area contributed by atoms with Gasteiger partial charge in [-0.05, 0) is 13.8 Å². The molecule has 3 radical (unpaired) electrons. The van der Waals surface area contributed by atoms with E-state index >= 15 is 0 Å². The Morgan fingerprint density at radius 1 is 0.609 bits per heavy atom. The van der Waals surface area contributed by atoms with E-state index in [9.17, 15) is 0 Å². The van der Waals surface area contributed by atoms with Crippen LogP contribution in [0, 0.1) is 0 Å². The van der Waals surface area contributed by atoms with Gasteiger partial charge in [-0.15, -0.1) is 10.9 Å². The van der Waals surface area contributed by atoms with Crippen LogP contribution in [0.2, 0.25) is 0 Å². The molecule has 0 aromatic heterocycles. The molecule has 0 aliphatic carbocycles. The lowest BCUT2D eigenvalue weighted by Crippen LogP contribution is -2.30. The minimum absolute atomic E-state index is 1.22. The Bertz CT molecular complexity index is 618. The first-order chi connectivity index (χ1) is 11.1. The average molecular weight is 295 g/mol. The molecule has 0 heterocycles. The normalized spacial score (nSPS) is 12.0. The van der Waals surface area contributed by atoms with Crippen molar-refractivity contribution in [2.24, 2.45) is 0 Å². The van der Waals surface area contributed by atoms with E-state index in [4.69, 9.17) is 0 Å². The number of benzene rings is 2. The Labute approximate surface area is 143 Å². The van der Waals surface area contributed by atoms with Gasteiger partial charge in [-0.3, -0.25) is 0 Å². The van der Waals surface area contributed by atoms with Crippen molar-refractivity contribution in [2.45, 2.75) is 27.7 Å². The molecule has 0 unspecified atom stereocenters. The lowest BCUT2D eigenvalue weighted by Gasteiger charge is -2.05. The molecule has 0 aliphatic rings. The zero-order valence-electron chi connectivity index (χ0n) is 14.5. The van der Waals surface area contributed by atoms with Crippen LogP contribution in [0.4, 0.5) is 0 Å². The molecule has 0 bridgehead atoms. The molecule has 2 aromatic rings. The van der Waals surface area contributed by atoms with Crippen molar-refractivity contribution in [1.82, 2.24) is 0 Å². The molecule has 23 heavy (non-hydrogen) atoms. The first kappa shape index (κ1) is 17.5. The summed E-state index contributed by atoms with van der Waals surface area (Å²) in [4.78, 5) is 0. The minimum Gasteiger partial charge on any atom is -0.110 e. The minimum atomic E-state index is 1.22. The lowest BCUT2D eigenvalue weighted by molar-refractivity contribution is 1.57. The smallest absolute Gasteiger partial charge is 0.110 e. The third-order valence-electron chi connectivity index (χ3n) is 3.91. The summed E-state index contributed by atoms with van der Waals surface area (Å²) in [7, 11) is 6.59. The highest BCUT2D eigenvalue weighted by molar-refractivity contribution is 6.68. The van der Waals surface area contributed by atoms with E-state index in [0.717, 1.165) is 0 Å². The average Bonchev–Trinajstić information content (AvgIpc) is 2.58. The van der Waals surface area contributed by atoms with Gasteiger partial charge in [-0.1, -0.05) is 96.4 Å². The van der Waals surface area contributed by atoms with E-state index in [0.29, 0.717) is 0 Å². The van der Waals surface area contributed by atoms with Crippen LogP contribution in [-0.2, 0) is 0 Å². The maximum atomic E-state index is 2.21. The van der Waals surface area contributed by atoms with E-state index in [2.05, 4.69) is 110 Å². The van der Waals surface area contributed by atoms with Crippen molar-refractivity contribution < 1.29 is 0 Å². The van der Waals surface area contributed by atoms with Gasteiger partial charge in [0.1, 0.15) is 0 Å². The van der Waals surface area contributed by atoms with Crippen LogP contribution in [0.1, 0.15) is 27.7 Å². The quantitative estimate of drug-likeness (QED) is 0.713. The fourth-order valence-electron chi connectivity index (χ4n) is 2.26. The first-order valence-electron chi connectivity index (χ1n) is 8.11.